The minimum Gasteiger partial charge on any atom is -0.353 e. The summed E-state index contributed by atoms with van der Waals surface area (Å²) >= 11 is 0. The summed E-state index contributed by atoms with van der Waals surface area (Å²) in [4.78, 5) is 29.7. The van der Waals surface area contributed by atoms with Crippen LogP contribution >= 0.6 is 0 Å². The van der Waals surface area contributed by atoms with Gasteiger partial charge in [-0.3, -0.25) is 4.79 Å². The first kappa shape index (κ1) is 15.8. The molecular weight excluding hydrogens is 316 g/mol. The van der Waals surface area contributed by atoms with Crippen LogP contribution in [0.2, 0.25) is 0 Å². The van der Waals surface area contributed by atoms with Gasteiger partial charge in [-0.2, -0.15) is 0 Å². The van der Waals surface area contributed by atoms with E-state index in [1.54, 1.807) is 6.20 Å². The summed E-state index contributed by atoms with van der Waals surface area (Å²) in [6.45, 7) is 5.03. The van der Waals surface area contributed by atoms with Crippen LogP contribution in [0.5, 0.6) is 0 Å². The van der Waals surface area contributed by atoms with Crippen molar-refractivity contribution in [2.45, 2.75) is 19.8 Å². The molecule has 7 heteroatoms. The molecule has 2 aromatic heterocycles. The molecule has 1 aliphatic heterocycles. The van der Waals surface area contributed by atoms with E-state index in [1.165, 1.54) is 0 Å². The van der Waals surface area contributed by atoms with E-state index in [1.807, 2.05) is 36.1 Å². The number of piperazine rings is 1. The Balaban J connectivity index is 1.44. The van der Waals surface area contributed by atoms with Gasteiger partial charge in [-0.25, -0.2) is 15.0 Å². The molecule has 0 spiro atoms. The minimum atomic E-state index is 0.294. The maximum atomic E-state index is 12.2. The molecular formula is C18H22N6O. The van der Waals surface area contributed by atoms with Gasteiger partial charge < -0.3 is 15.1 Å². The minimum absolute atomic E-state index is 0.294. The molecule has 7 nitrogen and oxygen atoms in total. The molecule has 0 unspecified atom stereocenters. The van der Waals surface area contributed by atoms with Crippen LogP contribution in [0.4, 0.5) is 17.5 Å². The second kappa shape index (κ2) is 6.66. The molecule has 0 atom stereocenters. The second-order valence-corrected chi connectivity index (χ2v) is 6.59. The number of nitrogens with zero attached hydrogens (tertiary/aromatic N) is 5. The summed E-state index contributed by atoms with van der Waals surface area (Å²) < 4.78 is 0. The summed E-state index contributed by atoms with van der Waals surface area (Å²) in [6, 6.07) is 7.66. The Kier molecular flexibility index (Phi) is 4.21. The lowest BCUT2D eigenvalue weighted by atomic mass is 10.2. The van der Waals surface area contributed by atoms with Crippen molar-refractivity contribution in [2.75, 3.05) is 36.4 Å². The van der Waals surface area contributed by atoms with Gasteiger partial charge >= 0.3 is 0 Å². The number of hydrogen-bond donors (Lipinski definition) is 1. The van der Waals surface area contributed by atoms with Crippen LogP contribution in [-0.4, -0.2) is 51.9 Å². The maximum Gasteiger partial charge on any atom is 0.225 e. The molecule has 0 bridgehead atoms. The molecule has 3 heterocycles. The lowest BCUT2D eigenvalue weighted by molar-refractivity contribution is -0.132. The Morgan fingerprint density at radius 2 is 1.92 bits per heavy atom. The van der Waals surface area contributed by atoms with E-state index < -0.39 is 0 Å². The van der Waals surface area contributed by atoms with Crippen molar-refractivity contribution < 1.29 is 4.79 Å². The molecule has 1 amide bonds. The van der Waals surface area contributed by atoms with Gasteiger partial charge in [0.25, 0.3) is 0 Å². The average Bonchev–Trinajstić information content (AvgIpc) is 3.47. The fourth-order valence-electron chi connectivity index (χ4n) is 3.09. The second-order valence-electron chi connectivity index (χ2n) is 6.59. The van der Waals surface area contributed by atoms with Gasteiger partial charge in [0.05, 0.1) is 0 Å². The summed E-state index contributed by atoms with van der Waals surface area (Å²) in [7, 11) is 0. The number of carbonyl (C=O) groups is 1. The molecule has 1 saturated heterocycles. The zero-order valence-corrected chi connectivity index (χ0v) is 14.4. The molecule has 4 rings (SSSR count). The van der Waals surface area contributed by atoms with Crippen LogP contribution in [0, 0.1) is 12.8 Å². The van der Waals surface area contributed by atoms with Gasteiger partial charge in [-0.15, -0.1) is 0 Å². The SMILES string of the molecule is Cc1nc(Nc2ccccn2)cc(N2CCN(C(=O)C3CC3)CC2)n1. The maximum absolute atomic E-state index is 12.2. The fraction of sp³-hybridized carbons (Fsp3) is 0.444. The Labute approximate surface area is 147 Å². The number of amides is 1. The zero-order valence-electron chi connectivity index (χ0n) is 14.4. The van der Waals surface area contributed by atoms with Crippen molar-refractivity contribution in [1.82, 2.24) is 19.9 Å². The number of carbonyl (C=O) groups excluding carboxylic acids is 1. The molecule has 0 radical (unpaired) electrons. The molecule has 1 aliphatic carbocycles. The molecule has 25 heavy (non-hydrogen) atoms. The Morgan fingerprint density at radius 1 is 1.12 bits per heavy atom. The normalized spacial score (nSPS) is 17.5. The van der Waals surface area contributed by atoms with E-state index in [0.717, 1.165) is 56.5 Å². The average molecular weight is 338 g/mol. The molecule has 2 fully saturated rings. The number of anilines is 3. The quantitative estimate of drug-likeness (QED) is 0.919. The molecule has 1 N–H and O–H groups in total. The topological polar surface area (TPSA) is 74.2 Å². The van der Waals surface area contributed by atoms with Crippen molar-refractivity contribution >= 4 is 23.4 Å². The van der Waals surface area contributed by atoms with E-state index in [0.29, 0.717) is 17.6 Å². The van der Waals surface area contributed by atoms with Crippen LogP contribution in [0.1, 0.15) is 18.7 Å². The Hall–Kier alpha value is -2.70. The first-order chi connectivity index (χ1) is 12.2. The van der Waals surface area contributed by atoms with Gasteiger partial charge in [0, 0.05) is 44.4 Å². The van der Waals surface area contributed by atoms with Gasteiger partial charge in [0.15, 0.2) is 0 Å². The van der Waals surface area contributed by atoms with Gasteiger partial charge in [0.2, 0.25) is 5.91 Å². The summed E-state index contributed by atoms with van der Waals surface area (Å²) in [5.41, 5.74) is 0. The van der Waals surface area contributed by atoms with Crippen molar-refractivity contribution in [3.63, 3.8) is 0 Å². The fourth-order valence-corrected chi connectivity index (χ4v) is 3.09. The summed E-state index contributed by atoms with van der Waals surface area (Å²) in [6.07, 6.45) is 3.87. The zero-order chi connectivity index (χ0) is 17.2. The Morgan fingerprint density at radius 3 is 2.60 bits per heavy atom. The lowest BCUT2D eigenvalue weighted by Crippen LogP contribution is -2.49. The predicted molar refractivity (Wildman–Crippen MR) is 95.8 cm³/mol. The highest BCUT2D eigenvalue weighted by Gasteiger charge is 2.34. The highest BCUT2D eigenvalue weighted by Crippen LogP contribution is 2.31. The molecule has 2 aliphatic rings. The van der Waals surface area contributed by atoms with Crippen molar-refractivity contribution in [2.24, 2.45) is 5.92 Å². The smallest absolute Gasteiger partial charge is 0.225 e. The molecule has 130 valence electrons. The number of aromatic nitrogens is 3. The largest absolute Gasteiger partial charge is 0.353 e. The molecule has 2 aromatic rings. The first-order valence-electron chi connectivity index (χ1n) is 8.76. The summed E-state index contributed by atoms with van der Waals surface area (Å²) in [5, 5.41) is 3.22. The van der Waals surface area contributed by atoms with Crippen molar-refractivity contribution in [3.8, 4) is 0 Å². The standard InChI is InChI=1S/C18H22N6O/c1-13-20-16(22-15-4-2-3-7-19-15)12-17(21-13)23-8-10-24(11-9-23)18(25)14-5-6-14/h2-4,7,12,14H,5-6,8-11H2,1H3,(H,19,20,21,22). The van der Waals surface area contributed by atoms with E-state index in [2.05, 4.69) is 25.2 Å². The van der Waals surface area contributed by atoms with Crippen LogP contribution in [-0.2, 0) is 4.79 Å². The van der Waals surface area contributed by atoms with E-state index >= 15 is 0 Å². The van der Waals surface area contributed by atoms with Crippen molar-refractivity contribution in [3.05, 3.63) is 36.3 Å². The van der Waals surface area contributed by atoms with Gasteiger partial charge in [-0.1, -0.05) is 6.07 Å². The van der Waals surface area contributed by atoms with Crippen LogP contribution < -0.4 is 10.2 Å². The highest BCUT2D eigenvalue weighted by atomic mass is 16.2. The third-order valence-electron chi connectivity index (χ3n) is 4.59. The monoisotopic (exact) mass is 338 g/mol. The van der Waals surface area contributed by atoms with E-state index in [4.69, 9.17) is 0 Å². The van der Waals surface area contributed by atoms with Crippen LogP contribution in [0.3, 0.4) is 0 Å². The van der Waals surface area contributed by atoms with Gasteiger partial charge in [0.1, 0.15) is 23.3 Å². The summed E-state index contributed by atoms with van der Waals surface area (Å²) in [5.74, 6) is 3.72. The predicted octanol–water partition coefficient (Wildman–Crippen LogP) is 1.98. The third-order valence-corrected chi connectivity index (χ3v) is 4.59. The van der Waals surface area contributed by atoms with Crippen molar-refractivity contribution in [1.29, 1.82) is 0 Å². The molecule has 0 aromatic carbocycles. The number of nitrogens with one attached hydrogen (secondary N) is 1. The third kappa shape index (κ3) is 3.70. The van der Waals surface area contributed by atoms with Gasteiger partial charge in [-0.05, 0) is 31.9 Å². The Bertz CT molecular complexity index is 753. The number of pyridine rings is 1. The number of rotatable bonds is 4. The first-order valence-corrected chi connectivity index (χ1v) is 8.76. The highest BCUT2D eigenvalue weighted by molar-refractivity contribution is 5.81. The number of aryl methyl sites for hydroxylation is 1. The van der Waals surface area contributed by atoms with E-state index in [-0.39, 0.29) is 0 Å². The lowest BCUT2D eigenvalue weighted by Gasteiger charge is -2.35. The molecule has 1 saturated carbocycles. The number of hydrogen-bond acceptors (Lipinski definition) is 6. The van der Waals surface area contributed by atoms with Crippen LogP contribution in [0.15, 0.2) is 30.5 Å². The van der Waals surface area contributed by atoms with E-state index in [9.17, 15) is 4.79 Å². The van der Waals surface area contributed by atoms with Crippen LogP contribution in [0.25, 0.3) is 0 Å².